The third-order valence-corrected chi connectivity index (χ3v) is 5.41. The second-order valence-electron chi connectivity index (χ2n) is 9.08. The minimum Gasteiger partial charge on any atom is -0.508 e. The van der Waals surface area contributed by atoms with Crippen LogP contribution in [0.15, 0.2) is 36.8 Å². The van der Waals surface area contributed by atoms with Crippen molar-refractivity contribution in [2.75, 3.05) is 0 Å². The highest BCUT2D eigenvalue weighted by Gasteiger charge is 2.29. The molecular weight excluding hydrogens is 468 g/mol. The van der Waals surface area contributed by atoms with Crippen molar-refractivity contribution < 1.29 is 29.4 Å². The van der Waals surface area contributed by atoms with Gasteiger partial charge in [0.15, 0.2) is 0 Å². The summed E-state index contributed by atoms with van der Waals surface area (Å²) in [5, 5.41) is 26.4. The lowest BCUT2D eigenvalue weighted by molar-refractivity contribution is -0.142. The number of nitrogens with two attached hydrogens (primary N) is 1. The van der Waals surface area contributed by atoms with Crippen molar-refractivity contribution in [2.45, 2.75) is 64.2 Å². The average Bonchev–Trinajstić information content (AvgIpc) is 3.32. The zero-order chi connectivity index (χ0) is 26.8. The summed E-state index contributed by atoms with van der Waals surface area (Å²) in [5.74, 6) is -2.94. The maximum absolute atomic E-state index is 12.9. The van der Waals surface area contributed by atoms with Gasteiger partial charge in [-0.2, -0.15) is 0 Å². The van der Waals surface area contributed by atoms with Gasteiger partial charge >= 0.3 is 5.97 Å². The summed E-state index contributed by atoms with van der Waals surface area (Å²) in [4.78, 5) is 56.6. The van der Waals surface area contributed by atoms with Crippen LogP contribution >= 0.6 is 0 Å². The molecule has 0 radical (unpaired) electrons. The van der Waals surface area contributed by atoms with Crippen LogP contribution in [0.3, 0.4) is 0 Å². The van der Waals surface area contributed by atoms with E-state index in [1.54, 1.807) is 12.1 Å². The molecule has 36 heavy (non-hydrogen) atoms. The Morgan fingerprint density at radius 3 is 2.14 bits per heavy atom. The molecule has 2 aromatic rings. The Bertz CT molecular complexity index is 1020. The van der Waals surface area contributed by atoms with Crippen LogP contribution in [0.25, 0.3) is 0 Å². The van der Waals surface area contributed by atoms with Crippen LogP contribution < -0.4 is 21.7 Å². The maximum Gasteiger partial charge on any atom is 0.326 e. The van der Waals surface area contributed by atoms with Crippen LogP contribution in [0.5, 0.6) is 5.75 Å². The van der Waals surface area contributed by atoms with Gasteiger partial charge in [-0.3, -0.25) is 14.4 Å². The number of aromatic hydroxyl groups is 1. The second-order valence-corrected chi connectivity index (χ2v) is 9.08. The number of aliphatic carboxylic acids is 1. The van der Waals surface area contributed by atoms with Gasteiger partial charge in [-0.05, 0) is 43.4 Å². The fraction of sp³-hybridized carbons (Fsp3) is 0.458. The number of carbonyl (C=O) groups excluding carboxylic acids is 3. The van der Waals surface area contributed by atoms with E-state index in [1.807, 2.05) is 13.8 Å². The number of nitrogens with one attached hydrogen (secondary N) is 4. The molecule has 1 heterocycles. The Labute approximate surface area is 209 Å². The van der Waals surface area contributed by atoms with Gasteiger partial charge in [0.2, 0.25) is 17.7 Å². The summed E-state index contributed by atoms with van der Waals surface area (Å²) < 4.78 is 0. The second kappa shape index (κ2) is 13.2. The molecule has 0 spiro atoms. The molecule has 4 atom stereocenters. The number of hydrogen-bond donors (Lipinski definition) is 7. The Morgan fingerprint density at radius 2 is 1.58 bits per heavy atom. The van der Waals surface area contributed by atoms with Gasteiger partial charge in [-0.25, -0.2) is 9.78 Å². The zero-order valence-corrected chi connectivity index (χ0v) is 20.5. The highest BCUT2D eigenvalue weighted by Crippen LogP contribution is 2.11. The smallest absolute Gasteiger partial charge is 0.326 e. The van der Waals surface area contributed by atoms with Gasteiger partial charge in [0.1, 0.15) is 23.9 Å². The fourth-order valence-electron chi connectivity index (χ4n) is 3.45. The summed E-state index contributed by atoms with van der Waals surface area (Å²) in [5.41, 5.74) is 7.25. The predicted octanol–water partition coefficient (Wildman–Crippen LogP) is -0.167. The van der Waals surface area contributed by atoms with Crippen LogP contribution in [0.1, 0.15) is 38.4 Å². The van der Waals surface area contributed by atoms with E-state index in [-0.39, 0.29) is 30.9 Å². The number of nitrogens with zero attached hydrogens (tertiary/aromatic N) is 1. The van der Waals surface area contributed by atoms with E-state index >= 15 is 0 Å². The Hall–Kier alpha value is -3.93. The van der Waals surface area contributed by atoms with E-state index in [9.17, 15) is 29.4 Å². The Morgan fingerprint density at radius 1 is 0.944 bits per heavy atom. The first kappa shape index (κ1) is 28.3. The number of aromatic amines is 1. The molecule has 12 nitrogen and oxygen atoms in total. The monoisotopic (exact) mass is 502 g/mol. The van der Waals surface area contributed by atoms with Crippen LogP contribution in [0.2, 0.25) is 0 Å². The first-order valence-electron chi connectivity index (χ1n) is 11.6. The summed E-state index contributed by atoms with van der Waals surface area (Å²) in [6, 6.07) is 2.05. The van der Waals surface area contributed by atoms with Crippen LogP contribution in [-0.2, 0) is 32.0 Å². The maximum atomic E-state index is 12.9. The van der Waals surface area contributed by atoms with Gasteiger partial charge < -0.3 is 36.9 Å². The van der Waals surface area contributed by atoms with E-state index < -0.39 is 47.9 Å². The molecule has 0 aliphatic heterocycles. The van der Waals surface area contributed by atoms with Crippen molar-refractivity contribution in [1.82, 2.24) is 25.9 Å². The molecule has 0 aliphatic rings. The lowest BCUT2D eigenvalue weighted by Gasteiger charge is -2.24. The number of hydrogen-bond acceptors (Lipinski definition) is 7. The molecule has 0 fully saturated rings. The summed E-state index contributed by atoms with van der Waals surface area (Å²) in [6.45, 7) is 5.12. The van der Waals surface area contributed by atoms with E-state index in [1.165, 1.54) is 31.6 Å². The molecule has 4 unspecified atom stereocenters. The SMILES string of the molecule is CC(C)CC(NC(=O)C(Cc1cnc[nH]1)NC(=O)C(C)NC(=O)C(N)Cc1ccc(O)cc1)C(=O)O. The molecule has 12 heteroatoms. The fourth-order valence-corrected chi connectivity index (χ4v) is 3.45. The Balaban J connectivity index is 2.02. The topological polar surface area (TPSA) is 200 Å². The molecule has 1 aromatic carbocycles. The molecule has 3 amide bonds. The van der Waals surface area contributed by atoms with Crippen molar-refractivity contribution in [1.29, 1.82) is 0 Å². The van der Waals surface area contributed by atoms with Gasteiger partial charge in [0, 0.05) is 18.3 Å². The molecule has 0 aliphatic carbocycles. The van der Waals surface area contributed by atoms with Crippen molar-refractivity contribution in [3.8, 4) is 5.75 Å². The molecule has 196 valence electrons. The average molecular weight is 503 g/mol. The number of carboxylic acid groups (broad SMARTS) is 1. The van der Waals surface area contributed by atoms with Crippen LogP contribution in [0, 0.1) is 5.92 Å². The number of H-pyrrole nitrogens is 1. The first-order valence-corrected chi connectivity index (χ1v) is 11.6. The highest BCUT2D eigenvalue weighted by molar-refractivity contribution is 5.94. The molecule has 1 aromatic heterocycles. The van der Waals surface area contributed by atoms with Gasteiger partial charge in [0.25, 0.3) is 0 Å². The number of rotatable bonds is 13. The number of aromatic nitrogens is 2. The van der Waals surface area contributed by atoms with E-state index in [2.05, 4.69) is 25.9 Å². The summed E-state index contributed by atoms with van der Waals surface area (Å²) in [7, 11) is 0. The molecule has 0 saturated carbocycles. The highest BCUT2D eigenvalue weighted by atomic mass is 16.4. The minimum absolute atomic E-state index is 0.0214. The number of carboxylic acids is 1. The molecule has 0 bridgehead atoms. The third kappa shape index (κ3) is 9.02. The minimum atomic E-state index is -1.17. The van der Waals surface area contributed by atoms with Crippen LogP contribution in [-0.4, -0.2) is 68.0 Å². The number of imidazole rings is 1. The number of phenolic OH excluding ortho intramolecular Hbond substituents is 1. The third-order valence-electron chi connectivity index (χ3n) is 5.41. The number of carbonyl (C=O) groups is 4. The van der Waals surface area contributed by atoms with Crippen LogP contribution in [0.4, 0.5) is 0 Å². The molecule has 0 saturated heterocycles. The van der Waals surface area contributed by atoms with Crippen molar-refractivity contribution in [2.24, 2.45) is 11.7 Å². The van der Waals surface area contributed by atoms with E-state index in [0.29, 0.717) is 5.69 Å². The van der Waals surface area contributed by atoms with Gasteiger partial charge in [-0.15, -0.1) is 0 Å². The number of phenols is 1. The molecule has 8 N–H and O–H groups in total. The summed E-state index contributed by atoms with van der Waals surface area (Å²) in [6.07, 6.45) is 3.35. The van der Waals surface area contributed by atoms with E-state index in [0.717, 1.165) is 5.56 Å². The number of benzene rings is 1. The largest absolute Gasteiger partial charge is 0.508 e. The molecule has 2 rings (SSSR count). The van der Waals surface area contributed by atoms with Crippen molar-refractivity contribution >= 4 is 23.7 Å². The number of amides is 3. The summed E-state index contributed by atoms with van der Waals surface area (Å²) >= 11 is 0. The van der Waals surface area contributed by atoms with Crippen molar-refractivity contribution in [3.05, 3.63) is 48.0 Å². The van der Waals surface area contributed by atoms with E-state index in [4.69, 9.17) is 5.73 Å². The zero-order valence-electron chi connectivity index (χ0n) is 20.5. The quantitative estimate of drug-likeness (QED) is 0.196. The Kier molecular flexibility index (Phi) is 10.4. The van der Waals surface area contributed by atoms with Gasteiger partial charge in [-0.1, -0.05) is 26.0 Å². The lowest BCUT2D eigenvalue weighted by atomic mass is 10.0. The molecular formula is C24H34N6O6. The predicted molar refractivity (Wildman–Crippen MR) is 131 cm³/mol. The standard InChI is InChI=1S/C24H34N6O6/c1-13(2)8-20(24(35)36)30-23(34)19(10-16-11-26-12-27-16)29-21(32)14(3)28-22(33)18(25)9-15-4-6-17(31)7-5-15/h4-7,11-14,18-20,31H,8-10,25H2,1-3H3,(H,26,27)(H,28,33)(H,29,32)(H,30,34)(H,35,36). The normalized spacial score (nSPS) is 14.4. The first-order chi connectivity index (χ1) is 17.0. The van der Waals surface area contributed by atoms with Crippen molar-refractivity contribution in [3.63, 3.8) is 0 Å². The lowest BCUT2D eigenvalue weighted by Crippen LogP contribution is -2.57. The van der Waals surface area contributed by atoms with Gasteiger partial charge in [0.05, 0.1) is 12.4 Å².